The number of anilines is 1. The van der Waals surface area contributed by atoms with Gasteiger partial charge in [0.25, 0.3) is 5.91 Å². The molecule has 0 radical (unpaired) electrons. The second-order valence-corrected chi connectivity index (χ2v) is 4.35. The molecule has 0 bridgehead atoms. The first-order valence-electron chi connectivity index (χ1n) is 5.62. The highest BCUT2D eigenvalue weighted by Gasteiger charge is 2.15. The number of nitrogens with one attached hydrogen (secondary N) is 1. The van der Waals surface area contributed by atoms with Crippen molar-refractivity contribution in [2.24, 2.45) is 5.11 Å². The number of hydrogen-bond acceptors (Lipinski definition) is 2. The lowest BCUT2D eigenvalue weighted by molar-refractivity contribution is 0.102. The van der Waals surface area contributed by atoms with Crippen LogP contribution in [-0.4, -0.2) is 5.91 Å². The van der Waals surface area contributed by atoms with Crippen LogP contribution >= 0.6 is 11.6 Å². The van der Waals surface area contributed by atoms with Crippen LogP contribution in [0.25, 0.3) is 10.4 Å². The van der Waals surface area contributed by atoms with Crippen molar-refractivity contribution in [1.82, 2.24) is 0 Å². The van der Waals surface area contributed by atoms with E-state index in [1.807, 2.05) is 0 Å². The largest absolute Gasteiger partial charge is 0.322 e. The van der Waals surface area contributed by atoms with Crippen LogP contribution in [0.1, 0.15) is 10.4 Å². The highest BCUT2D eigenvalue weighted by Crippen LogP contribution is 2.23. The van der Waals surface area contributed by atoms with Crippen LogP contribution in [0.4, 0.5) is 20.2 Å². The molecule has 2 aromatic carbocycles. The number of halogens is 3. The van der Waals surface area contributed by atoms with E-state index in [2.05, 4.69) is 15.3 Å². The van der Waals surface area contributed by atoms with E-state index in [1.54, 1.807) is 18.2 Å². The van der Waals surface area contributed by atoms with Crippen molar-refractivity contribution in [3.63, 3.8) is 0 Å². The van der Waals surface area contributed by atoms with E-state index in [0.29, 0.717) is 17.4 Å². The van der Waals surface area contributed by atoms with E-state index in [-0.39, 0.29) is 10.6 Å². The van der Waals surface area contributed by atoms with Gasteiger partial charge in [-0.3, -0.25) is 4.79 Å². The number of azide groups is 1. The number of carbonyl (C=O) groups excluding carboxylic acids is 1. The molecule has 0 aromatic heterocycles. The Morgan fingerprint density at radius 3 is 2.67 bits per heavy atom. The molecule has 0 unspecified atom stereocenters. The predicted octanol–water partition coefficient (Wildman–Crippen LogP) is 4.81. The molecule has 8 heteroatoms. The monoisotopic (exact) mass is 308 g/mol. The van der Waals surface area contributed by atoms with E-state index in [1.165, 1.54) is 6.07 Å². The molecule has 0 saturated heterocycles. The molecular formula is C13H7ClF2N4O. The van der Waals surface area contributed by atoms with Gasteiger partial charge in [-0.05, 0) is 29.8 Å². The van der Waals surface area contributed by atoms with Crippen molar-refractivity contribution in [2.75, 3.05) is 5.32 Å². The molecule has 0 heterocycles. The summed E-state index contributed by atoms with van der Waals surface area (Å²) in [6.45, 7) is 0. The molecule has 0 aliphatic carbocycles. The van der Waals surface area contributed by atoms with Gasteiger partial charge in [-0.2, -0.15) is 0 Å². The van der Waals surface area contributed by atoms with Gasteiger partial charge in [0.15, 0.2) is 11.6 Å². The lowest BCUT2D eigenvalue weighted by Crippen LogP contribution is -2.13. The fourth-order valence-corrected chi connectivity index (χ4v) is 1.83. The maximum atomic E-state index is 13.2. The Morgan fingerprint density at radius 2 is 1.95 bits per heavy atom. The zero-order chi connectivity index (χ0) is 15.4. The summed E-state index contributed by atoms with van der Waals surface area (Å²) in [5, 5.41) is 5.62. The molecule has 0 aliphatic rings. The number of hydrogen-bond donors (Lipinski definition) is 1. The Bertz CT molecular complexity index is 760. The summed E-state index contributed by atoms with van der Waals surface area (Å²) in [4.78, 5) is 14.6. The molecule has 5 nitrogen and oxygen atoms in total. The SMILES string of the molecule is [N-]=[N+]=Nc1cccc(NC(=O)c2cc(F)c(F)cc2Cl)c1. The summed E-state index contributed by atoms with van der Waals surface area (Å²) in [6.07, 6.45) is 0. The number of carbonyl (C=O) groups is 1. The van der Waals surface area contributed by atoms with Gasteiger partial charge in [-0.25, -0.2) is 8.78 Å². The van der Waals surface area contributed by atoms with Crippen molar-refractivity contribution in [3.05, 3.63) is 69.1 Å². The number of nitrogens with zero attached hydrogens (tertiary/aromatic N) is 3. The maximum Gasteiger partial charge on any atom is 0.257 e. The summed E-state index contributed by atoms with van der Waals surface area (Å²) in [7, 11) is 0. The summed E-state index contributed by atoms with van der Waals surface area (Å²) < 4.78 is 26.1. The van der Waals surface area contributed by atoms with Gasteiger partial charge in [-0.1, -0.05) is 28.8 Å². The van der Waals surface area contributed by atoms with Crippen LogP contribution in [0.3, 0.4) is 0 Å². The molecular weight excluding hydrogens is 302 g/mol. The summed E-state index contributed by atoms with van der Waals surface area (Å²) in [6, 6.07) is 7.51. The maximum absolute atomic E-state index is 13.2. The molecule has 2 aromatic rings. The number of rotatable bonds is 3. The van der Waals surface area contributed by atoms with Crippen LogP contribution in [0.2, 0.25) is 5.02 Å². The zero-order valence-corrected chi connectivity index (χ0v) is 11.1. The van der Waals surface area contributed by atoms with Crippen molar-refractivity contribution in [1.29, 1.82) is 0 Å². The topological polar surface area (TPSA) is 77.9 Å². The van der Waals surface area contributed by atoms with Crippen molar-refractivity contribution in [2.45, 2.75) is 0 Å². The highest BCUT2D eigenvalue weighted by molar-refractivity contribution is 6.34. The van der Waals surface area contributed by atoms with Crippen molar-refractivity contribution >= 4 is 28.9 Å². The molecule has 0 atom stereocenters. The van der Waals surface area contributed by atoms with Gasteiger partial charge in [-0.15, -0.1) is 0 Å². The standard InChI is InChI=1S/C13H7ClF2N4O/c14-10-6-12(16)11(15)5-9(10)13(21)18-7-2-1-3-8(4-7)19-20-17/h1-6H,(H,18,21). The number of amides is 1. The van der Waals surface area contributed by atoms with E-state index >= 15 is 0 Å². The fraction of sp³-hybridized carbons (Fsp3) is 0. The molecule has 1 amide bonds. The number of benzene rings is 2. The lowest BCUT2D eigenvalue weighted by Gasteiger charge is -2.08. The first kappa shape index (κ1) is 14.8. The normalized spacial score (nSPS) is 9.86. The molecule has 0 fully saturated rings. The van der Waals surface area contributed by atoms with Crippen LogP contribution in [0, 0.1) is 11.6 Å². The second kappa shape index (κ2) is 6.21. The fourth-order valence-electron chi connectivity index (χ4n) is 1.59. The molecule has 1 N–H and O–H groups in total. The van der Waals surface area contributed by atoms with E-state index in [9.17, 15) is 13.6 Å². The van der Waals surface area contributed by atoms with Gasteiger partial charge in [0.2, 0.25) is 0 Å². The quantitative estimate of drug-likeness (QED) is 0.375. The highest BCUT2D eigenvalue weighted by atomic mass is 35.5. The third kappa shape index (κ3) is 3.47. The Kier molecular flexibility index (Phi) is 4.37. The minimum atomic E-state index is -1.17. The lowest BCUT2D eigenvalue weighted by atomic mass is 10.2. The second-order valence-electron chi connectivity index (χ2n) is 3.94. The predicted molar refractivity (Wildman–Crippen MR) is 74.6 cm³/mol. The molecule has 0 saturated carbocycles. The average Bonchev–Trinajstić information content (AvgIpc) is 2.43. The molecule has 2 rings (SSSR count). The van der Waals surface area contributed by atoms with E-state index < -0.39 is 17.5 Å². The van der Waals surface area contributed by atoms with Crippen LogP contribution in [0.5, 0.6) is 0 Å². The van der Waals surface area contributed by atoms with Crippen LogP contribution < -0.4 is 5.32 Å². The van der Waals surface area contributed by atoms with E-state index in [4.69, 9.17) is 17.1 Å². The summed E-state index contributed by atoms with van der Waals surface area (Å²) in [5.41, 5.74) is 8.76. The average molecular weight is 309 g/mol. The van der Waals surface area contributed by atoms with Crippen molar-refractivity contribution in [3.8, 4) is 0 Å². The third-order valence-corrected chi connectivity index (χ3v) is 2.83. The van der Waals surface area contributed by atoms with Gasteiger partial charge < -0.3 is 5.32 Å². The van der Waals surface area contributed by atoms with E-state index in [0.717, 1.165) is 6.07 Å². The Labute approximate surface area is 122 Å². The van der Waals surface area contributed by atoms with Crippen LogP contribution in [0.15, 0.2) is 41.5 Å². The summed E-state index contributed by atoms with van der Waals surface area (Å²) in [5.74, 6) is -3.02. The van der Waals surface area contributed by atoms with Gasteiger partial charge in [0.1, 0.15) is 0 Å². The van der Waals surface area contributed by atoms with Crippen LogP contribution in [-0.2, 0) is 0 Å². The molecule has 21 heavy (non-hydrogen) atoms. The Morgan fingerprint density at radius 1 is 1.24 bits per heavy atom. The molecule has 106 valence electrons. The Balaban J connectivity index is 2.28. The third-order valence-electron chi connectivity index (χ3n) is 2.52. The van der Waals surface area contributed by atoms with Gasteiger partial charge >= 0.3 is 0 Å². The Hall–Kier alpha value is -2.63. The first-order chi connectivity index (χ1) is 10.0. The van der Waals surface area contributed by atoms with Gasteiger partial charge in [0.05, 0.1) is 10.6 Å². The minimum absolute atomic E-state index is 0.204. The smallest absolute Gasteiger partial charge is 0.257 e. The zero-order valence-electron chi connectivity index (χ0n) is 10.3. The first-order valence-corrected chi connectivity index (χ1v) is 6.00. The minimum Gasteiger partial charge on any atom is -0.322 e. The van der Waals surface area contributed by atoms with Crippen molar-refractivity contribution < 1.29 is 13.6 Å². The molecule has 0 aliphatic heterocycles. The van der Waals surface area contributed by atoms with Gasteiger partial charge in [0, 0.05) is 16.3 Å². The molecule has 0 spiro atoms. The summed E-state index contributed by atoms with van der Waals surface area (Å²) >= 11 is 5.71.